The number of ether oxygens (including phenoxy) is 1. The van der Waals surface area contributed by atoms with Crippen molar-refractivity contribution in [3.8, 4) is 16.3 Å². The first-order chi connectivity index (χ1) is 11.6. The van der Waals surface area contributed by atoms with Gasteiger partial charge in [-0.15, -0.1) is 10.2 Å². The van der Waals surface area contributed by atoms with Gasteiger partial charge in [0, 0.05) is 10.6 Å². The molecule has 0 saturated carbocycles. The van der Waals surface area contributed by atoms with Crippen LogP contribution < -0.4 is 10.1 Å². The Morgan fingerprint density at radius 1 is 1.21 bits per heavy atom. The Balaban J connectivity index is 1.58. The van der Waals surface area contributed by atoms with Crippen LogP contribution in [0, 0.1) is 0 Å². The average molecular weight is 425 g/mol. The fraction of sp³-hybridized carbons (Fsp3) is 0.0625. The highest BCUT2D eigenvalue weighted by atomic mass is 79.9. The number of carbonyl (C=O) groups excluding carboxylic acids is 1. The Labute approximate surface area is 155 Å². The largest absolute Gasteiger partial charge is 0.483 e. The van der Waals surface area contributed by atoms with Gasteiger partial charge in [-0.2, -0.15) is 0 Å². The van der Waals surface area contributed by atoms with E-state index < -0.39 is 0 Å². The maximum absolute atomic E-state index is 12.0. The van der Waals surface area contributed by atoms with Crippen molar-refractivity contribution in [2.75, 3.05) is 11.9 Å². The second-order valence-corrected chi connectivity index (χ2v) is 6.96. The lowest BCUT2D eigenvalue weighted by Gasteiger charge is -2.07. The van der Waals surface area contributed by atoms with E-state index in [1.165, 1.54) is 11.3 Å². The predicted molar refractivity (Wildman–Crippen MR) is 98.6 cm³/mol. The van der Waals surface area contributed by atoms with Gasteiger partial charge in [0.05, 0.1) is 4.47 Å². The second-order valence-electron chi connectivity index (χ2n) is 4.69. The first-order valence-electron chi connectivity index (χ1n) is 6.88. The van der Waals surface area contributed by atoms with E-state index >= 15 is 0 Å². The Morgan fingerprint density at radius 2 is 2.00 bits per heavy atom. The van der Waals surface area contributed by atoms with Crippen molar-refractivity contribution in [2.24, 2.45) is 0 Å². The van der Waals surface area contributed by atoms with Crippen molar-refractivity contribution in [3.05, 3.63) is 58.0 Å². The fourth-order valence-corrected chi connectivity index (χ4v) is 3.42. The lowest BCUT2D eigenvalue weighted by Crippen LogP contribution is -2.20. The number of rotatable bonds is 5. The van der Waals surface area contributed by atoms with E-state index in [2.05, 4.69) is 31.4 Å². The van der Waals surface area contributed by atoms with Crippen LogP contribution in [0.2, 0.25) is 5.02 Å². The molecule has 1 heterocycles. The Bertz CT molecular complexity index is 858. The van der Waals surface area contributed by atoms with Gasteiger partial charge in [-0.05, 0) is 34.1 Å². The van der Waals surface area contributed by atoms with Gasteiger partial charge in [-0.3, -0.25) is 10.1 Å². The van der Waals surface area contributed by atoms with Gasteiger partial charge in [0.1, 0.15) is 10.8 Å². The topological polar surface area (TPSA) is 64.1 Å². The molecule has 0 atom stereocenters. The van der Waals surface area contributed by atoms with E-state index in [-0.39, 0.29) is 12.5 Å². The van der Waals surface area contributed by atoms with Crippen molar-refractivity contribution in [1.29, 1.82) is 0 Å². The number of amides is 1. The van der Waals surface area contributed by atoms with Crippen LogP contribution in [0.1, 0.15) is 0 Å². The zero-order valence-corrected chi connectivity index (χ0v) is 15.4. The van der Waals surface area contributed by atoms with Crippen LogP contribution in [-0.2, 0) is 4.79 Å². The molecule has 3 rings (SSSR count). The molecule has 0 bridgehead atoms. The number of aromatic nitrogens is 2. The maximum Gasteiger partial charge on any atom is 0.264 e. The molecule has 0 spiro atoms. The van der Waals surface area contributed by atoms with Crippen molar-refractivity contribution < 1.29 is 9.53 Å². The van der Waals surface area contributed by atoms with E-state index in [0.717, 1.165) is 10.6 Å². The summed E-state index contributed by atoms with van der Waals surface area (Å²) in [6.07, 6.45) is 0. The molecule has 0 aliphatic heterocycles. The second kappa shape index (κ2) is 7.74. The van der Waals surface area contributed by atoms with Crippen LogP contribution in [0.15, 0.2) is 53.0 Å². The summed E-state index contributed by atoms with van der Waals surface area (Å²) in [5.41, 5.74) is 0.955. The molecule has 3 aromatic rings. The molecule has 0 aliphatic carbocycles. The number of carbonyl (C=O) groups is 1. The molecule has 0 unspecified atom stereocenters. The molecule has 0 fully saturated rings. The summed E-state index contributed by atoms with van der Waals surface area (Å²) in [5, 5.41) is 12.5. The minimum atomic E-state index is -0.312. The summed E-state index contributed by atoms with van der Waals surface area (Å²) < 4.78 is 6.14. The Hall–Kier alpha value is -1.96. The number of anilines is 1. The fourth-order valence-electron chi connectivity index (χ4n) is 1.86. The molecule has 1 aromatic heterocycles. The molecular weight excluding hydrogens is 414 g/mol. The van der Waals surface area contributed by atoms with E-state index in [9.17, 15) is 4.79 Å². The van der Waals surface area contributed by atoms with Crippen LogP contribution in [0.3, 0.4) is 0 Å². The van der Waals surface area contributed by atoms with Gasteiger partial charge in [-0.1, -0.05) is 53.3 Å². The SMILES string of the molecule is O=C(COc1ccc(Cl)cc1Br)Nc1nnc(-c2ccccc2)s1. The minimum absolute atomic E-state index is 0.138. The molecule has 8 heteroatoms. The van der Waals surface area contributed by atoms with E-state index in [1.807, 2.05) is 30.3 Å². The third-order valence-electron chi connectivity index (χ3n) is 2.94. The minimum Gasteiger partial charge on any atom is -0.483 e. The maximum atomic E-state index is 12.0. The van der Waals surface area contributed by atoms with Gasteiger partial charge in [-0.25, -0.2) is 0 Å². The molecule has 5 nitrogen and oxygen atoms in total. The molecule has 122 valence electrons. The zero-order chi connectivity index (χ0) is 16.9. The van der Waals surface area contributed by atoms with Crippen molar-refractivity contribution in [2.45, 2.75) is 0 Å². The molecular formula is C16H11BrClN3O2S. The van der Waals surface area contributed by atoms with E-state index in [0.29, 0.717) is 20.4 Å². The lowest BCUT2D eigenvalue weighted by atomic mass is 10.2. The first kappa shape index (κ1) is 16.9. The first-order valence-corrected chi connectivity index (χ1v) is 8.87. The molecule has 2 aromatic carbocycles. The van der Waals surface area contributed by atoms with Gasteiger partial charge in [0.25, 0.3) is 5.91 Å². The summed E-state index contributed by atoms with van der Waals surface area (Å²) in [7, 11) is 0. The van der Waals surface area contributed by atoms with Crippen LogP contribution in [0.5, 0.6) is 5.75 Å². The monoisotopic (exact) mass is 423 g/mol. The molecule has 24 heavy (non-hydrogen) atoms. The third-order valence-corrected chi connectivity index (χ3v) is 4.69. The molecule has 1 amide bonds. The summed E-state index contributed by atoms with van der Waals surface area (Å²) >= 11 is 10.5. The summed E-state index contributed by atoms with van der Waals surface area (Å²) in [6, 6.07) is 14.7. The molecule has 0 radical (unpaired) electrons. The number of hydrogen-bond acceptors (Lipinski definition) is 5. The van der Waals surface area contributed by atoms with Crippen LogP contribution >= 0.6 is 38.9 Å². The van der Waals surface area contributed by atoms with Crippen molar-refractivity contribution in [1.82, 2.24) is 10.2 Å². The Morgan fingerprint density at radius 3 is 2.75 bits per heavy atom. The lowest BCUT2D eigenvalue weighted by molar-refractivity contribution is -0.118. The van der Waals surface area contributed by atoms with Crippen LogP contribution in [0.4, 0.5) is 5.13 Å². The van der Waals surface area contributed by atoms with Gasteiger partial charge in [0.15, 0.2) is 6.61 Å². The standard InChI is InChI=1S/C16H11BrClN3O2S/c17-12-8-11(18)6-7-13(12)23-9-14(22)19-16-21-20-15(24-16)10-4-2-1-3-5-10/h1-8H,9H2,(H,19,21,22). The molecule has 0 saturated heterocycles. The number of nitrogens with zero attached hydrogens (tertiary/aromatic N) is 2. The molecule has 1 N–H and O–H groups in total. The number of benzene rings is 2. The smallest absolute Gasteiger partial charge is 0.264 e. The quantitative estimate of drug-likeness (QED) is 0.648. The van der Waals surface area contributed by atoms with Crippen LogP contribution in [-0.4, -0.2) is 22.7 Å². The Kier molecular flexibility index (Phi) is 5.44. The van der Waals surface area contributed by atoms with Crippen molar-refractivity contribution in [3.63, 3.8) is 0 Å². The summed E-state index contributed by atoms with van der Waals surface area (Å²) in [6.45, 7) is -0.138. The van der Waals surface area contributed by atoms with Gasteiger partial charge >= 0.3 is 0 Å². The average Bonchev–Trinajstić information content (AvgIpc) is 3.03. The number of nitrogens with one attached hydrogen (secondary N) is 1. The van der Waals surface area contributed by atoms with E-state index in [4.69, 9.17) is 16.3 Å². The highest BCUT2D eigenvalue weighted by molar-refractivity contribution is 9.10. The molecule has 0 aliphatic rings. The normalized spacial score (nSPS) is 10.4. The highest BCUT2D eigenvalue weighted by Gasteiger charge is 2.11. The predicted octanol–water partition coefficient (Wildman–Crippen LogP) is 4.64. The summed E-state index contributed by atoms with van der Waals surface area (Å²) in [5.74, 6) is 0.226. The zero-order valence-electron chi connectivity index (χ0n) is 12.2. The van der Waals surface area contributed by atoms with E-state index in [1.54, 1.807) is 18.2 Å². The van der Waals surface area contributed by atoms with Gasteiger partial charge in [0.2, 0.25) is 5.13 Å². The van der Waals surface area contributed by atoms with Crippen LogP contribution in [0.25, 0.3) is 10.6 Å². The highest BCUT2D eigenvalue weighted by Crippen LogP contribution is 2.28. The third kappa shape index (κ3) is 4.31. The van der Waals surface area contributed by atoms with Crippen molar-refractivity contribution >= 4 is 49.9 Å². The van der Waals surface area contributed by atoms with Gasteiger partial charge < -0.3 is 4.74 Å². The number of hydrogen-bond donors (Lipinski definition) is 1. The number of halogens is 2. The summed E-state index contributed by atoms with van der Waals surface area (Å²) in [4.78, 5) is 12.0.